The summed E-state index contributed by atoms with van der Waals surface area (Å²) in [4.78, 5) is 11.9. The minimum absolute atomic E-state index is 0.126. The van der Waals surface area contributed by atoms with Crippen molar-refractivity contribution < 1.29 is 14.6 Å². The van der Waals surface area contributed by atoms with Crippen LogP contribution in [0.15, 0.2) is 65.3 Å². The van der Waals surface area contributed by atoms with E-state index in [0.717, 1.165) is 44.9 Å². The van der Waals surface area contributed by atoms with E-state index in [2.05, 4.69) is 34.3 Å². The standard InChI is InChI=1S/C27H38O3/c1-20(14-16-24-22(3)15-17-25(28)27(24,4)5)10-9-11-21(2)18-19-30-26(29)23-12-7-6-8-13-23/h6-8,12-13,18,25,28H,1,9-11,14-17,19H2,2-5H3/b21-18+/t25-/m0/s1. The molecule has 0 saturated heterocycles. The molecule has 3 heteroatoms. The summed E-state index contributed by atoms with van der Waals surface area (Å²) in [7, 11) is 0. The number of esters is 1. The summed E-state index contributed by atoms with van der Waals surface area (Å²) in [6, 6.07) is 9.07. The fourth-order valence-electron chi connectivity index (χ4n) is 4.21. The van der Waals surface area contributed by atoms with Gasteiger partial charge in [0.1, 0.15) is 6.61 Å². The highest BCUT2D eigenvalue weighted by molar-refractivity contribution is 5.89. The van der Waals surface area contributed by atoms with Crippen LogP contribution in [-0.4, -0.2) is 23.8 Å². The van der Waals surface area contributed by atoms with Crippen LogP contribution in [0.4, 0.5) is 0 Å². The molecule has 0 aromatic heterocycles. The van der Waals surface area contributed by atoms with Crippen LogP contribution in [0.25, 0.3) is 0 Å². The molecular weight excluding hydrogens is 372 g/mol. The molecule has 0 bridgehead atoms. The molecule has 1 aromatic carbocycles. The lowest BCUT2D eigenvalue weighted by molar-refractivity contribution is 0.0548. The molecule has 0 unspecified atom stereocenters. The van der Waals surface area contributed by atoms with E-state index in [1.54, 1.807) is 12.1 Å². The zero-order chi connectivity index (χ0) is 22.1. The van der Waals surface area contributed by atoms with Crippen molar-refractivity contribution in [3.05, 3.63) is 70.8 Å². The molecule has 0 amide bonds. The Bertz CT molecular complexity index is 784. The first kappa shape index (κ1) is 24.1. The van der Waals surface area contributed by atoms with Crippen LogP contribution in [0.5, 0.6) is 0 Å². The number of ether oxygens (including phenoxy) is 1. The molecular formula is C27H38O3. The highest BCUT2D eigenvalue weighted by atomic mass is 16.5. The molecule has 1 atom stereocenters. The van der Waals surface area contributed by atoms with Crippen molar-refractivity contribution in [3.63, 3.8) is 0 Å². The van der Waals surface area contributed by atoms with Gasteiger partial charge in [-0.3, -0.25) is 0 Å². The Labute approximate surface area is 182 Å². The first-order chi connectivity index (χ1) is 14.2. The quantitative estimate of drug-likeness (QED) is 0.341. The zero-order valence-electron chi connectivity index (χ0n) is 19.2. The summed E-state index contributed by atoms with van der Waals surface area (Å²) in [6.45, 7) is 13.2. The Morgan fingerprint density at radius 2 is 1.93 bits per heavy atom. The summed E-state index contributed by atoms with van der Waals surface area (Å²) in [5.41, 5.74) is 5.83. The van der Waals surface area contributed by atoms with E-state index in [1.807, 2.05) is 24.3 Å². The fourth-order valence-corrected chi connectivity index (χ4v) is 4.21. The SMILES string of the molecule is C=C(CCC/C(C)=C/COC(=O)c1ccccc1)CCC1=C(C)CC[C@H](O)C1(C)C. The van der Waals surface area contributed by atoms with Gasteiger partial charge in [0, 0.05) is 5.41 Å². The van der Waals surface area contributed by atoms with Gasteiger partial charge >= 0.3 is 5.97 Å². The van der Waals surface area contributed by atoms with Crippen molar-refractivity contribution in [2.75, 3.05) is 6.61 Å². The smallest absolute Gasteiger partial charge is 0.338 e. The number of hydrogen-bond donors (Lipinski definition) is 1. The molecule has 0 heterocycles. The normalized spacial score (nSPS) is 19.0. The molecule has 0 fully saturated rings. The number of benzene rings is 1. The number of aliphatic hydroxyl groups is 1. The van der Waals surface area contributed by atoms with E-state index in [-0.39, 0.29) is 17.5 Å². The third-order valence-corrected chi connectivity index (χ3v) is 6.40. The molecule has 1 aromatic rings. The average molecular weight is 411 g/mol. The van der Waals surface area contributed by atoms with Crippen LogP contribution in [0.3, 0.4) is 0 Å². The van der Waals surface area contributed by atoms with E-state index in [9.17, 15) is 9.90 Å². The number of hydrogen-bond acceptors (Lipinski definition) is 3. The van der Waals surface area contributed by atoms with Gasteiger partial charge in [-0.15, -0.1) is 0 Å². The topological polar surface area (TPSA) is 46.5 Å². The van der Waals surface area contributed by atoms with Gasteiger partial charge < -0.3 is 9.84 Å². The number of aliphatic hydroxyl groups excluding tert-OH is 1. The summed E-state index contributed by atoms with van der Waals surface area (Å²) in [5, 5.41) is 10.4. The maximum Gasteiger partial charge on any atom is 0.338 e. The summed E-state index contributed by atoms with van der Waals surface area (Å²) < 4.78 is 5.31. The van der Waals surface area contributed by atoms with E-state index >= 15 is 0 Å². The number of carbonyl (C=O) groups excluding carboxylic acids is 1. The molecule has 30 heavy (non-hydrogen) atoms. The fraction of sp³-hybridized carbons (Fsp3) is 0.519. The number of rotatable bonds is 10. The van der Waals surface area contributed by atoms with Crippen molar-refractivity contribution in [1.82, 2.24) is 0 Å². The van der Waals surface area contributed by atoms with Gasteiger partial charge in [-0.05, 0) is 77.0 Å². The van der Waals surface area contributed by atoms with Gasteiger partial charge in [-0.25, -0.2) is 4.79 Å². The van der Waals surface area contributed by atoms with E-state index in [1.165, 1.54) is 22.3 Å². The molecule has 1 aliphatic rings. The van der Waals surface area contributed by atoms with Crippen molar-refractivity contribution in [3.8, 4) is 0 Å². The first-order valence-electron chi connectivity index (χ1n) is 11.1. The zero-order valence-corrected chi connectivity index (χ0v) is 19.2. The van der Waals surface area contributed by atoms with Gasteiger partial charge in [0.25, 0.3) is 0 Å². The molecule has 0 aliphatic heterocycles. The van der Waals surface area contributed by atoms with E-state index in [0.29, 0.717) is 12.2 Å². The first-order valence-corrected chi connectivity index (χ1v) is 11.1. The maximum atomic E-state index is 11.9. The highest BCUT2D eigenvalue weighted by Crippen LogP contribution is 2.43. The second-order valence-corrected chi connectivity index (χ2v) is 9.15. The molecule has 3 nitrogen and oxygen atoms in total. The van der Waals surface area contributed by atoms with Crippen LogP contribution in [0.2, 0.25) is 0 Å². The molecule has 1 N–H and O–H groups in total. The molecule has 1 aliphatic carbocycles. The lowest BCUT2D eigenvalue weighted by Gasteiger charge is -2.39. The molecule has 0 saturated carbocycles. The number of carbonyl (C=O) groups is 1. The van der Waals surface area contributed by atoms with Crippen molar-refractivity contribution in [2.24, 2.45) is 5.41 Å². The Hall–Kier alpha value is -2.13. The van der Waals surface area contributed by atoms with E-state index in [4.69, 9.17) is 4.74 Å². The Morgan fingerprint density at radius 3 is 2.63 bits per heavy atom. The monoisotopic (exact) mass is 410 g/mol. The summed E-state index contributed by atoms with van der Waals surface area (Å²) >= 11 is 0. The van der Waals surface area contributed by atoms with Crippen LogP contribution in [-0.2, 0) is 4.74 Å². The molecule has 0 spiro atoms. The average Bonchev–Trinajstić information content (AvgIpc) is 2.71. The largest absolute Gasteiger partial charge is 0.458 e. The third kappa shape index (κ3) is 6.98. The van der Waals surface area contributed by atoms with Gasteiger partial charge in [-0.2, -0.15) is 0 Å². The third-order valence-electron chi connectivity index (χ3n) is 6.40. The maximum absolute atomic E-state index is 11.9. The van der Waals surface area contributed by atoms with E-state index < -0.39 is 0 Å². The van der Waals surface area contributed by atoms with Crippen LogP contribution in [0, 0.1) is 5.41 Å². The molecule has 0 radical (unpaired) electrons. The van der Waals surface area contributed by atoms with Gasteiger partial charge in [0.2, 0.25) is 0 Å². The summed E-state index contributed by atoms with van der Waals surface area (Å²) in [6.07, 6.45) is 8.65. The lowest BCUT2D eigenvalue weighted by Crippen LogP contribution is -2.35. The summed E-state index contributed by atoms with van der Waals surface area (Å²) in [5.74, 6) is -0.284. The lowest BCUT2D eigenvalue weighted by atomic mass is 9.69. The van der Waals surface area contributed by atoms with Crippen LogP contribution < -0.4 is 0 Å². The second-order valence-electron chi connectivity index (χ2n) is 9.15. The van der Waals surface area contributed by atoms with Crippen molar-refractivity contribution in [2.45, 2.75) is 78.7 Å². The Morgan fingerprint density at radius 1 is 1.23 bits per heavy atom. The minimum Gasteiger partial charge on any atom is -0.458 e. The second kappa shape index (κ2) is 11.3. The Balaban J connectivity index is 1.68. The molecule has 2 rings (SSSR count). The predicted molar refractivity (Wildman–Crippen MR) is 124 cm³/mol. The van der Waals surface area contributed by atoms with Crippen molar-refractivity contribution >= 4 is 5.97 Å². The highest BCUT2D eigenvalue weighted by Gasteiger charge is 2.35. The minimum atomic E-state index is -0.284. The van der Waals surface area contributed by atoms with Gasteiger partial charge in [0.15, 0.2) is 0 Å². The van der Waals surface area contributed by atoms with Crippen molar-refractivity contribution in [1.29, 1.82) is 0 Å². The van der Waals surface area contributed by atoms with Gasteiger partial charge in [0.05, 0.1) is 11.7 Å². The Kier molecular flexibility index (Phi) is 9.10. The van der Waals surface area contributed by atoms with Crippen LogP contribution >= 0.6 is 0 Å². The van der Waals surface area contributed by atoms with Gasteiger partial charge in [-0.1, -0.05) is 60.9 Å². The van der Waals surface area contributed by atoms with Crippen LogP contribution in [0.1, 0.15) is 83.0 Å². The molecule has 164 valence electrons. The predicted octanol–water partition coefficient (Wildman–Crippen LogP) is 6.79. The number of allylic oxidation sites excluding steroid dienone is 3.